The molecule has 50 heavy (non-hydrogen) atoms. The first-order chi connectivity index (χ1) is 24.9. The average Bonchev–Trinajstić information content (AvgIpc) is 3.64. The number of hydrogen-bond acceptors (Lipinski definition) is 3. The van der Waals surface area contributed by atoms with Gasteiger partial charge < -0.3 is 14.4 Å². The van der Waals surface area contributed by atoms with Gasteiger partial charge in [0.1, 0.15) is 0 Å². The fraction of sp³-hybridized carbons (Fsp3) is 0.660. The second-order valence-corrected chi connectivity index (χ2v) is 13.7. The average molecular weight is 690 g/mol. The minimum atomic E-state index is 0.193. The molecule has 1 atom stereocenters. The van der Waals surface area contributed by atoms with E-state index in [1.54, 1.807) is 0 Å². The molecule has 284 valence electrons. The van der Waals surface area contributed by atoms with Gasteiger partial charge in [0.05, 0.1) is 12.7 Å². The maximum atomic E-state index is 6.34. The zero-order valence-electron chi connectivity index (χ0n) is 32.9. The summed E-state index contributed by atoms with van der Waals surface area (Å²) < 4.78 is 12.4. The molecule has 1 rings (SSSR count). The van der Waals surface area contributed by atoms with Crippen LogP contribution in [0.1, 0.15) is 155 Å². The summed E-state index contributed by atoms with van der Waals surface area (Å²) in [5.74, 6) is 0. The number of ether oxygens (including phenoxy) is 2. The Morgan fingerprint density at radius 3 is 1.20 bits per heavy atom. The second kappa shape index (κ2) is 39.6. The third-order valence-corrected chi connectivity index (χ3v) is 8.91. The standard InChI is InChI=1S/C47H79NO2/c1-3-5-7-9-11-13-15-17-19-21-23-25-27-29-31-33-35-39-43-49-46-47(45-48-41-37-38-42-48)50-44-40-36-34-32-30-28-26-24-22-20-18-16-14-12-10-8-6-4-2/h11-14,17-20,23-26,29-32,47H,3-10,15-16,21-22,27-28,33-46H2,1-2H3/b13-11-,14-12-,19-17-,20-18-,25-23-,26-24-,31-29-,32-30-. The third kappa shape index (κ3) is 34.3. The number of hydrogen-bond donors (Lipinski definition) is 0. The molecule has 1 unspecified atom stereocenters. The quantitative estimate of drug-likeness (QED) is 0.0488. The third-order valence-electron chi connectivity index (χ3n) is 8.91. The van der Waals surface area contributed by atoms with E-state index in [1.165, 1.54) is 90.1 Å². The van der Waals surface area contributed by atoms with Crippen molar-refractivity contribution in [1.29, 1.82) is 0 Å². The van der Waals surface area contributed by atoms with Gasteiger partial charge in [-0.1, -0.05) is 137 Å². The molecule has 0 radical (unpaired) electrons. The Balaban J connectivity index is 2.05. The van der Waals surface area contributed by atoms with E-state index in [1.807, 2.05) is 0 Å². The summed E-state index contributed by atoms with van der Waals surface area (Å²) in [6, 6.07) is 0. The van der Waals surface area contributed by atoms with Crippen LogP contribution in [0, 0.1) is 0 Å². The molecular formula is C47H79NO2. The van der Waals surface area contributed by atoms with Crippen LogP contribution in [0.5, 0.6) is 0 Å². The van der Waals surface area contributed by atoms with E-state index in [-0.39, 0.29) is 6.10 Å². The van der Waals surface area contributed by atoms with Gasteiger partial charge in [0.25, 0.3) is 0 Å². The van der Waals surface area contributed by atoms with Crippen LogP contribution < -0.4 is 0 Å². The highest BCUT2D eigenvalue weighted by Gasteiger charge is 2.18. The van der Waals surface area contributed by atoms with Crippen molar-refractivity contribution < 1.29 is 9.47 Å². The first-order valence-corrected chi connectivity index (χ1v) is 21.0. The lowest BCUT2D eigenvalue weighted by atomic mass is 10.2. The zero-order valence-corrected chi connectivity index (χ0v) is 32.9. The van der Waals surface area contributed by atoms with Crippen molar-refractivity contribution in [3.05, 3.63) is 97.2 Å². The molecule has 0 aliphatic carbocycles. The van der Waals surface area contributed by atoms with Crippen LogP contribution in [-0.4, -0.2) is 50.5 Å². The number of unbranched alkanes of at least 4 members (excludes halogenated alkanes) is 10. The lowest BCUT2D eigenvalue weighted by molar-refractivity contribution is -0.0314. The zero-order chi connectivity index (χ0) is 35.7. The highest BCUT2D eigenvalue weighted by molar-refractivity contribution is 5.00. The van der Waals surface area contributed by atoms with Crippen molar-refractivity contribution in [3.63, 3.8) is 0 Å². The van der Waals surface area contributed by atoms with Crippen molar-refractivity contribution in [2.45, 2.75) is 161 Å². The normalized spacial score (nSPS) is 15.6. The monoisotopic (exact) mass is 690 g/mol. The molecule has 0 bridgehead atoms. The Hall–Kier alpha value is -2.20. The predicted molar refractivity (Wildman–Crippen MR) is 223 cm³/mol. The maximum absolute atomic E-state index is 6.34. The van der Waals surface area contributed by atoms with Gasteiger partial charge in [-0.2, -0.15) is 0 Å². The minimum absolute atomic E-state index is 0.193. The van der Waals surface area contributed by atoms with Crippen molar-refractivity contribution in [1.82, 2.24) is 4.90 Å². The van der Waals surface area contributed by atoms with Crippen LogP contribution in [0.3, 0.4) is 0 Å². The molecule has 3 heteroatoms. The Morgan fingerprint density at radius 2 is 0.800 bits per heavy atom. The summed E-state index contributed by atoms with van der Waals surface area (Å²) in [6.07, 6.45) is 63.0. The molecule has 1 aliphatic rings. The number of likely N-dealkylation sites (tertiary alicyclic amines) is 1. The summed E-state index contributed by atoms with van der Waals surface area (Å²) in [6.45, 7) is 10.3. The fourth-order valence-electron chi connectivity index (χ4n) is 5.82. The fourth-order valence-corrected chi connectivity index (χ4v) is 5.82. The lowest BCUT2D eigenvalue weighted by Crippen LogP contribution is -2.35. The van der Waals surface area contributed by atoms with Crippen LogP contribution in [0.15, 0.2) is 97.2 Å². The Labute approximate surface area is 311 Å². The van der Waals surface area contributed by atoms with Gasteiger partial charge in [-0.3, -0.25) is 0 Å². The van der Waals surface area contributed by atoms with Gasteiger partial charge in [0.2, 0.25) is 0 Å². The van der Waals surface area contributed by atoms with Gasteiger partial charge in [-0.05, 0) is 129 Å². The highest BCUT2D eigenvalue weighted by atomic mass is 16.5. The molecule has 0 aromatic rings. The van der Waals surface area contributed by atoms with E-state index in [2.05, 4.69) is 116 Å². The van der Waals surface area contributed by atoms with Gasteiger partial charge in [0, 0.05) is 19.8 Å². The molecule has 1 fully saturated rings. The van der Waals surface area contributed by atoms with E-state index in [0.717, 1.165) is 90.6 Å². The smallest absolute Gasteiger partial charge is 0.0934 e. The van der Waals surface area contributed by atoms with Crippen molar-refractivity contribution >= 4 is 0 Å². The van der Waals surface area contributed by atoms with Crippen molar-refractivity contribution in [3.8, 4) is 0 Å². The summed E-state index contributed by atoms with van der Waals surface area (Å²) in [5, 5.41) is 0. The Kier molecular flexibility index (Phi) is 36.3. The molecule has 1 saturated heterocycles. The largest absolute Gasteiger partial charge is 0.379 e. The molecule has 0 aromatic carbocycles. The summed E-state index contributed by atoms with van der Waals surface area (Å²) in [5.41, 5.74) is 0. The Morgan fingerprint density at radius 1 is 0.440 bits per heavy atom. The lowest BCUT2D eigenvalue weighted by Gasteiger charge is -2.24. The molecule has 0 N–H and O–H groups in total. The molecular weight excluding hydrogens is 611 g/mol. The van der Waals surface area contributed by atoms with Crippen molar-refractivity contribution in [2.75, 3.05) is 39.5 Å². The van der Waals surface area contributed by atoms with E-state index < -0.39 is 0 Å². The molecule has 0 aromatic heterocycles. The summed E-state index contributed by atoms with van der Waals surface area (Å²) in [7, 11) is 0. The van der Waals surface area contributed by atoms with Crippen LogP contribution in [0.25, 0.3) is 0 Å². The second-order valence-electron chi connectivity index (χ2n) is 13.7. The van der Waals surface area contributed by atoms with Crippen LogP contribution >= 0.6 is 0 Å². The molecule has 3 nitrogen and oxygen atoms in total. The SMILES string of the molecule is CCCCC/C=C\C/C=C\C/C=C\C/C=C\CCCCOCC(CN1CCCC1)OCCCC/C=C\C/C=C\C/C=C\C/C=C\CCCCC. The first kappa shape index (κ1) is 45.8. The number of nitrogens with zero attached hydrogens (tertiary/aromatic N) is 1. The number of rotatable bonds is 35. The topological polar surface area (TPSA) is 21.7 Å². The van der Waals surface area contributed by atoms with Crippen LogP contribution in [-0.2, 0) is 9.47 Å². The van der Waals surface area contributed by atoms with Gasteiger partial charge in [-0.15, -0.1) is 0 Å². The first-order valence-electron chi connectivity index (χ1n) is 21.0. The molecule has 0 saturated carbocycles. The van der Waals surface area contributed by atoms with E-state index in [9.17, 15) is 0 Å². The van der Waals surface area contributed by atoms with E-state index in [4.69, 9.17) is 9.47 Å². The summed E-state index contributed by atoms with van der Waals surface area (Å²) >= 11 is 0. The highest BCUT2D eigenvalue weighted by Crippen LogP contribution is 2.11. The van der Waals surface area contributed by atoms with Gasteiger partial charge >= 0.3 is 0 Å². The van der Waals surface area contributed by atoms with E-state index in [0.29, 0.717) is 0 Å². The maximum Gasteiger partial charge on any atom is 0.0934 e. The van der Waals surface area contributed by atoms with Gasteiger partial charge in [0.15, 0.2) is 0 Å². The van der Waals surface area contributed by atoms with Crippen molar-refractivity contribution in [2.24, 2.45) is 0 Å². The molecule has 0 spiro atoms. The molecule has 0 amide bonds. The molecule has 1 heterocycles. The minimum Gasteiger partial charge on any atom is -0.379 e. The van der Waals surface area contributed by atoms with E-state index >= 15 is 0 Å². The van der Waals surface area contributed by atoms with Gasteiger partial charge in [-0.25, -0.2) is 0 Å². The molecule has 1 aliphatic heterocycles. The van der Waals surface area contributed by atoms with Crippen LogP contribution in [0.2, 0.25) is 0 Å². The Bertz CT molecular complexity index is 931. The number of allylic oxidation sites excluding steroid dienone is 16. The predicted octanol–water partition coefficient (Wildman–Crippen LogP) is 13.8. The summed E-state index contributed by atoms with van der Waals surface area (Å²) in [4.78, 5) is 2.55. The van der Waals surface area contributed by atoms with Crippen LogP contribution in [0.4, 0.5) is 0 Å².